The fraction of sp³-hybridized carbons (Fsp3) is 0.231. The quantitative estimate of drug-likeness (QED) is 0.425. The van der Waals surface area contributed by atoms with Gasteiger partial charge in [0.05, 0.1) is 5.56 Å². The van der Waals surface area contributed by atoms with E-state index < -0.39 is 0 Å². The molecule has 1 aliphatic rings. The zero-order valence-corrected chi connectivity index (χ0v) is 18.9. The van der Waals surface area contributed by atoms with Crippen LogP contribution in [0.5, 0.6) is 11.5 Å². The smallest absolute Gasteiger partial charge is 0.257 e. The van der Waals surface area contributed by atoms with Gasteiger partial charge in [-0.05, 0) is 36.4 Å². The van der Waals surface area contributed by atoms with Crippen molar-refractivity contribution in [2.75, 3.05) is 31.1 Å². The maximum Gasteiger partial charge on any atom is 0.257 e. The van der Waals surface area contributed by atoms with Crippen molar-refractivity contribution in [2.24, 2.45) is 0 Å². The summed E-state index contributed by atoms with van der Waals surface area (Å²) < 4.78 is 11.2. The van der Waals surface area contributed by atoms with E-state index in [0.29, 0.717) is 61.4 Å². The van der Waals surface area contributed by atoms with Crippen LogP contribution in [0.15, 0.2) is 77.4 Å². The van der Waals surface area contributed by atoms with Crippen molar-refractivity contribution in [3.05, 3.63) is 84.4 Å². The molecule has 1 saturated heterocycles. The summed E-state index contributed by atoms with van der Waals surface area (Å²) in [5, 5.41) is 4.00. The highest BCUT2D eigenvalue weighted by Gasteiger charge is 2.25. The highest BCUT2D eigenvalue weighted by molar-refractivity contribution is 5.97. The third kappa shape index (κ3) is 4.61. The van der Waals surface area contributed by atoms with Crippen LogP contribution in [0, 0.1) is 0 Å². The molecule has 0 unspecified atom stereocenters. The summed E-state index contributed by atoms with van der Waals surface area (Å²) in [6, 6.07) is 20.8. The van der Waals surface area contributed by atoms with Crippen molar-refractivity contribution in [1.29, 1.82) is 0 Å². The number of carbonyl (C=O) groups is 1. The summed E-state index contributed by atoms with van der Waals surface area (Å²) in [6.07, 6.45) is 2.46. The molecule has 1 amide bonds. The lowest BCUT2D eigenvalue weighted by atomic mass is 10.1. The molecule has 0 saturated carbocycles. The lowest BCUT2D eigenvalue weighted by Gasteiger charge is -2.35. The minimum absolute atomic E-state index is 0.0293. The fourth-order valence-electron chi connectivity index (χ4n) is 3.88. The molecule has 1 aliphatic heterocycles. The monoisotopic (exact) mass is 455 g/mol. The van der Waals surface area contributed by atoms with E-state index in [1.54, 1.807) is 6.20 Å². The van der Waals surface area contributed by atoms with Gasteiger partial charge in [0, 0.05) is 44.4 Å². The average Bonchev–Trinajstić information content (AvgIpc) is 3.39. The predicted octanol–water partition coefficient (Wildman–Crippen LogP) is 4.45. The van der Waals surface area contributed by atoms with Crippen LogP contribution < -0.4 is 9.64 Å². The Morgan fingerprint density at radius 1 is 0.971 bits per heavy atom. The normalized spacial score (nSPS) is 13.7. The average molecular weight is 456 g/mol. The maximum absolute atomic E-state index is 13.3. The molecule has 0 bridgehead atoms. The third-order valence-corrected chi connectivity index (χ3v) is 5.76. The third-order valence-electron chi connectivity index (χ3n) is 5.76. The second kappa shape index (κ2) is 9.74. The van der Waals surface area contributed by atoms with E-state index in [2.05, 4.69) is 20.0 Å². The summed E-state index contributed by atoms with van der Waals surface area (Å²) in [5.74, 6) is 3.25. The fourth-order valence-corrected chi connectivity index (χ4v) is 3.88. The Morgan fingerprint density at radius 2 is 1.74 bits per heavy atom. The first-order chi connectivity index (χ1) is 16.7. The van der Waals surface area contributed by atoms with Crippen molar-refractivity contribution < 1.29 is 14.1 Å². The molecule has 2 aromatic heterocycles. The van der Waals surface area contributed by atoms with Gasteiger partial charge in [-0.15, -0.1) is 0 Å². The van der Waals surface area contributed by atoms with Gasteiger partial charge in [0.1, 0.15) is 17.3 Å². The standard InChI is InChI=1S/C26H25N5O3/c1-2-24-28-25(29-34-24)19-12-13-23(27-18-19)30-14-16-31(17-15-30)26(32)21-10-6-7-11-22(21)33-20-8-4-3-5-9-20/h3-13,18H,2,14-17H2,1H3. The minimum atomic E-state index is -0.0293. The first-order valence-corrected chi connectivity index (χ1v) is 11.4. The van der Waals surface area contributed by atoms with Gasteiger partial charge in [0.25, 0.3) is 5.91 Å². The molecule has 0 N–H and O–H groups in total. The van der Waals surface area contributed by atoms with Gasteiger partial charge in [0.15, 0.2) is 0 Å². The molecule has 4 aromatic rings. The molecule has 3 heterocycles. The lowest BCUT2D eigenvalue weighted by molar-refractivity contribution is 0.0744. The molecular formula is C26H25N5O3. The van der Waals surface area contributed by atoms with E-state index in [-0.39, 0.29) is 5.91 Å². The van der Waals surface area contributed by atoms with Crippen LogP contribution in [-0.2, 0) is 6.42 Å². The minimum Gasteiger partial charge on any atom is -0.457 e. The number of hydrogen-bond acceptors (Lipinski definition) is 7. The Labute approximate surface area is 197 Å². The van der Waals surface area contributed by atoms with Crippen LogP contribution >= 0.6 is 0 Å². The highest BCUT2D eigenvalue weighted by atomic mass is 16.5. The van der Waals surface area contributed by atoms with Crippen LogP contribution in [0.25, 0.3) is 11.4 Å². The van der Waals surface area contributed by atoms with Crippen LogP contribution in [0.1, 0.15) is 23.2 Å². The molecule has 34 heavy (non-hydrogen) atoms. The van der Waals surface area contributed by atoms with E-state index in [1.165, 1.54) is 0 Å². The predicted molar refractivity (Wildman–Crippen MR) is 128 cm³/mol. The Morgan fingerprint density at radius 3 is 2.44 bits per heavy atom. The highest BCUT2D eigenvalue weighted by Crippen LogP contribution is 2.27. The molecule has 5 rings (SSSR count). The first kappa shape index (κ1) is 21.6. The SMILES string of the molecule is CCc1nc(-c2ccc(N3CCN(C(=O)c4ccccc4Oc4ccccc4)CC3)nc2)no1. The van der Waals surface area contributed by atoms with Crippen LogP contribution in [-0.4, -0.2) is 52.1 Å². The second-order valence-corrected chi connectivity index (χ2v) is 7.96. The van der Waals surface area contributed by atoms with Gasteiger partial charge in [-0.1, -0.05) is 42.4 Å². The molecule has 0 atom stereocenters. The number of aryl methyl sites for hydroxylation is 1. The van der Waals surface area contributed by atoms with E-state index in [0.717, 1.165) is 11.4 Å². The van der Waals surface area contributed by atoms with E-state index in [1.807, 2.05) is 78.6 Å². The van der Waals surface area contributed by atoms with Crippen molar-refractivity contribution >= 4 is 11.7 Å². The zero-order chi connectivity index (χ0) is 23.3. The number of para-hydroxylation sites is 2. The van der Waals surface area contributed by atoms with Gasteiger partial charge < -0.3 is 19.1 Å². The van der Waals surface area contributed by atoms with Crippen molar-refractivity contribution in [1.82, 2.24) is 20.0 Å². The van der Waals surface area contributed by atoms with E-state index >= 15 is 0 Å². The number of piperazine rings is 1. The molecule has 2 aromatic carbocycles. The summed E-state index contributed by atoms with van der Waals surface area (Å²) in [6.45, 7) is 4.57. The molecule has 8 heteroatoms. The Bertz CT molecular complexity index is 1250. The van der Waals surface area contributed by atoms with Crippen LogP contribution in [0.2, 0.25) is 0 Å². The zero-order valence-electron chi connectivity index (χ0n) is 18.9. The first-order valence-electron chi connectivity index (χ1n) is 11.4. The molecular weight excluding hydrogens is 430 g/mol. The maximum atomic E-state index is 13.3. The number of aromatic nitrogens is 3. The Kier molecular flexibility index (Phi) is 6.20. The van der Waals surface area contributed by atoms with Crippen molar-refractivity contribution in [3.8, 4) is 22.9 Å². The number of rotatable bonds is 6. The number of carbonyl (C=O) groups excluding carboxylic acids is 1. The second-order valence-electron chi connectivity index (χ2n) is 7.96. The number of hydrogen-bond donors (Lipinski definition) is 0. The van der Waals surface area contributed by atoms with Crippen LogP contribution in [0.4, 0.5) is 5.82 Å². The number of pyridine rings is 1. The topological polar surface area (TPSA) is 84.6 Å². The Hall–Kier alpha value is -4.20. The number of benzene rings is 2. The largest absolute Gasteiger partial charge is 0.457 e. The van der Waals surface area contributed by atoms with Gasteiger partial charge >= 0.3 is 0 Å². The summed E-state index contributed by atoms with van der Waals surface area (Å²) in [5.41, 5.74) is 1.38. The number of anilines is 1. The van der Waals surface area contributed by atoms with Gasteiger partial charge in [-0.2, -0.15) is 4.98 Å². The molecule has 8 nitrogen and oxygen atoms in total. The van der Waals surface area contributed by atoms with Gasteiger partial charge in [0.2, 0.25) is 11.7 Å². The Balaban J connectivity index is 1.23. The van der Waals surface area contributed by atoms with Crippen LogP contribution in [0.3, 0.4) is 0 Å². The molecule has 172 valence electrons. The summed E-state index contributed by atoms with van der Waals surface area (Å²) in [7, 11) is 0. The number of nitrogens with zero attached hydrogens (tertiary/aromatic N) is 5. The lowest BCUT2D eigenvalue weighted by Crippen LogP contribution is -2.49. The summed E-state index contributed by atoms with van der Waals surface area (Å²) >= 11 is 0. The van der Waals surface area contributed by atoms with Gasteiger partial charge in [-0.3, -0.25) is 4.79 Å². The molecule has 0 radical (unpaired) electrons. The van der Waals surface area contributed by atoms with Gasteiger partial charge in [-0.25, -0.2) is 4.98 Å². The summed E-state index contributed by atoms with van der Waals surface area (Å²) in [4.78, 5) is 26.2. The van der Waals surface area contributed by atoms with Crippen molar-refractivity contribution in [3.63, 3.8) is 0 Å². The molecule has 0 aliphatic carbocycles. The molecule has 0 spiro atoms. The number of amides is 1. The molecule has 1 fully saturated rings. The van der Waals surface area contributed by atoms with Crippen molar-refractivity contribution in [2.45, 2.75) is 13.3 Å². The van der Waals surface area contributed by atoms with E-state index in [4.69, 9.17) is 9.26 Å². The number of ether oxygens (including phenoxy) is 1. The van der Waals surface area contributed by atoms with E-state index in [9.17, 15) is 4.79 Å².